The summed E-state index contributed by atoms with van der Waals surface area (Å²) in [5.74, 6) is -0.500. The number of amides is 1. The van der Waals surface area contributed by atoms with Crippen molar-refractivity contribution in [1.82, 2.24) is 15.5 Å². The predicted octanol–water partition coefficient (Wildman–Crippen LogP) is 1.91. The standard InChI is InChI=1S/C15H16N4O3/c1-9-14(19(21)22)13(18-17-9)15(20)16-12-7-6-10-4-2-3-5-11(10)8-12/h2-5,12H,6-8H2,1H3,(H,16,20)(H,17,18). The number of benzene rings is 1. The maximum atomic E-state index is 12.3. The first kappa shape index (κ1) is 14.2. The van der Waals surface area contributed by atoms with Crippen LogP contribution >= 0.6 is 0 Å². The lowest BCUT2D eigenvalue weighted by atomic mass is 9.88. The number of carbonyl (C=O) groups is 1. The topological polar surface area (TPSA) is 101 Å². The fourth-order valence-corrected chi connectivity index (χ4v) is 2.88. The van der Waals surface area contributed by atoms with Crippen molar-refractivity contribution in [3.63, 3.8) is 0 Å². The molecule has 1 heterocycles. The Bertz CT molecular complexity index is 738. The fraction of sp³-hybridized carbons (Fsp3) is 0.333. The van der Waals surface area contributed by atoms with Crippen molar-refractivity contribution >= 4 is 11.6 Å². The summed E-state index contributed by atoms with van der Waals surface area (Å²) < 4.78 is 0. The van der Waals surface area contributed by atoms with Gasteiger partial charge in [0.2, 0.25) is 5.69 Å². The van der Waals surface area contributed by atoms with E-state index in [1.165, 1.54) is 18.1 Å². The van der Waals surface area contributed by atoms with E-state index in [0.717, 1.165) is 19.3 Å². The van der Waals surface area contributed by atoms with Crippen molar-refractivity contribution in [3.05, 3.63) is 56.9 Å². The van der Waals surface area contributed by atoms with Gasteiger partial charge in [0.15, 0.2) is 0 Å². The summed E-state index contributed by atoms with van der Waals surface area (Å²) in [5, 5.41) is 20.2. The number of hydrogen-bond acceptors (Lipinski definition) is 4. The monoisotopic (exact) mass is 300 g/mol. The molecule has 1 aromatic carbocycles. The lowest BCUT2D eigenvalue weighted by Gasteiger charge is -2.25. The average Bonchev–Trinajstić information content (AvgIpc) is 2.89. The Morgan fingerprint density at radius 2 is 2.14 bits per heavy atom. The van der Waals surface area contributed by atoms with Gasteiger partial charge in [-0.1, -0.05) is 24.3 Å². The highest BCUT2D eigenvalue weighted by Gasteiger charge is 2.29. The first-order chi connectivity index (χ1) is 10.6. The first-order valence-electron chi connectivity index (χ1n) is 7.13. The molecule has 1 aliphatic rings. The highest BCUT2D eigenvalue weighted by molar-refractivity contribution is 5.96. The number of aryl methyl sites for hydroxylation is 2. The number of rotatable bonds is 3. The molecule has 3 rings (SSSR count). The number of aromatic amines is 1. The molecule has 0 spiro atoms. The second kappa shape index (κ2) is 5.59. The molecular formula is C15H16N4O3. The Kier molecular flexibility index (Phi) is 3.62. The summed E-state index contributed by atoms with van der Waals surface area (Å²) in [6.45, 7) is 1.53. The highest BCUT2D eigenvalue weighted by atomic mass is 16.6. The lowest BCUT2D eigenvalue weighted by Crippen LogP contribution is -2.39. The Morgan fingerprint density at radius 1 is 1.41 bits per heavy atom. The minimum absolute atomic E-state index is 0.0287. The minimum Gasteiger partial charge on any atom is -0.347 e. The van der Waals surface area contributed by atoms with Crippen LogP contribution in [0.3, 0.4) is 0 Å². The molecule has 114 valence electrons. The van der Waals surface area contributed by atoms with Crippen LogP contribution in [0.15, 0.2) is 24.3 Å². The number of fused-ring (bicyclic) bond motifs is 1. The van der Waals surface area contributed by atoms with E-state index in [-0.39, 0.29) is 23.1 Å². The summed E-state index contributed by atoms with van der Waals surface area (Å²) in [6, 6.07) is 8.10. The molecule has 2 N–H and O–H groups in total. The van der Waals surface area contributed by atoms with Gasteiger partial charge in [0.05, 0.1) is 4.92 Å². The van der Waals surface area contributed by atoms with Crippen LogP contribution in [0.1, 0.15) is 33.7 Å². The molecule has 7 nitrogen and oxygen atoms in total. The van der Waals surface area contributed by atoms with E-state index in [4.69, 9.17) is 0 Å². The summed E-state index contributed by atoms with van der Waals surface area (Å²) in [7, 11) is 0. The molecule has 2 aromatic rings. The van der Waals surface area contributed by atoms with E-state index in [2.05, 4.69) is 27.6 Å². The van der Waals surface area contributed by atoms with Crippen molar-refractivity contribution in [3.8, 4) is 0 Å². The Hall–Kier alpha value is -2.70. The van der Waals surface area contributed by atoms with Crippen molar-refractivity contribution < 1.29 is 9.72 Å². The molecule has 0 aliphatic heterocycles. The normalized spacial score (nSPS) is 16.9. The van der Waals surface area contributed by atoms with E-state index < -0.39 is 10.8 Å². The maximum Gasteiger partial charge on any atom is 0.322 e. The molecule has 1 aliphatic carbocycles. The second-order valence-electron chi connectivity index (χ2n) is 5.48. The van der Waals surface area contributed by atoms with Gasteiger partial charge in [0.1, 0.15) is 5.69 Å². The fourth-order valence-electron chi connectivity index (χ4n) is 2.88. The third-order valence-corrected chi connectivity index (χ3v) is 3.99. The SMILES string of the molecule is Cc1[nH]nc(C(=O)NC2CCc3ccccc3C2)c1[N+](=O)[O-]. The van der Waals surface area contributed by atoms with Crippen LogP contribution in [0.2, 0.25) is 0 Å². The van der Waals surface area contributed by atoms with E-state index in [1.54, 1.807) is 0 Å². The molecule has 1 unspecified atom stereocenters. The molecule has 1 atom stereocenters. The minimum atomic E-state index is -0.579. The van der Waals surface area contributed by atoms with Crippen molar-refractivity contribution in [2.45, 2.75) is 32.2 Å². The van der Waals surface area contributed by atoms with Gasteiger partial charge >= 0.3 is 5.69 Å². The van der Waals surface area contributed by atoms with Gasteiger partial charge in [0, 0.05) is 6.04 Å². The van der Waals surface area contributed by atoms with Crippen LogP contribution in [0.4, 0.5) is 5.69 Å². The van der Waals surface area contributed by atoms with Gasteiger partial charge in [-0.05, 0) is 37.3 Å². The van der Waals surface area contributed by atoms with Crippen LogP contribution in [-0.4, -0.2) is 27.1 Å². The van der Waals surface area contributed by atoms with Crippen LogP contribution in [0, 0.1) is 17.0 Å². The number of carbonyl (C=O) groups excluding carboxylic acids is 1. The van der Waals surface area contributed by atoms with Crippen molar-refractivity contribution in [2.75, 3.05) is 0 Å². The third kappa shape index (κ3) is 2.57. The second-order valence-corrected chi connectivity index (χ2v) is 5.48. The number of nitrogens with zero attached hydrogens (tertiary/aromatic N) is 2. The number of aromatic nitrogens is 2. The van der Waals surface area contributed by atoms with Crippen molar-refractivity contribution in [1.29, 1.82) is 0 Å². The van der Waals surface area contributed by atoms with Gasteiger partial charge in [-0.2, -0.15) is 5.10 Å². The molecular weight excluding hydrogens is 284 g/mol. The quantitative estimate of drug-likeness (QED) is 0.668. The van der Waals surface area contributed by atoms with Gasteiger partial charge in [-0.25, -0.2) is 0 Å². The Morgan fingerprint density at radius 3 is 2.86 bits per heavy atom. The Labute approximate surface area is 126 Å². The van der Waals surface area contributed by atoms with Crippen LogP contribution in [0.5, 0.6) is 0 Å². The molecule has 1 aromatic heterocycles. The summed E-state index contributed by atoms with van der Waals surface area (Å²) in [6.07, 6.45) is 2.45. The smallest absolute Gasteiger partial charge is 0.322 e. The molecule has 0 bridgehead atoms. The number of nitro groups is 1. The van der Waals surface area contributed by atoms with Crippen LogP contribution in [-0.2, 0) is 12.8 Å². The number of H-pyrrole nitrogens is 1. The highest BCUT2D eigenvalue weighted by Crippen LogP contribution is 2.23. The Balaban J connectivity index is 1.75. The zero-order valence-electron chi connectivity index (χ0n) is 12.1. The molecule has 7 heteroatoms. The maximum absolute atomic E-state index is 12.3. The van der Waals surface area contributed by atoms with Crippen molar-refractivity contribution in [2.24, 2.45) is 0 Å². The van der Waals surface area contributed by atoms with E-state index in [9.17, 15) is 14.9 Å². The first-order valence-corrected chi connectivity index (χ1v) is 7.13. The van der Waals surface area contributed by atoms with Crippen LogP contribution in [0.25, 0.3) is 0 Å². The van der Waals surface area contributed by atoms with Crippen LogP contribution < -0.4 is 5.32 Å². The zero-order chi connectivity index (χ0) is 15.7. The zero-order valence-corrected chi connectivity index (χ0v) is 12.1. The molecule has 22 heavy (non-hydrogen) atoms. The number of hydrogen-bond donors (Lipinski definition) is 2. The molecule has 0 saturated carbocycles. The molecule has 0 saturated heterocycles. The lowest BCUT2D eigenvalue weighted by molar-refractivity contribution is -0.385. The molecule has 0 fully saturated rings. The summed E-state index contributed by atoms with van der Waals surface area (Å²) in [4.78, 5) is 22.7. The average molecular weight is 300 g/mol. The van der Waals surface area contributed by atoms with Gasteiger partial charge in [-0.3, -0.25) is 20.0 Å². The molecule has 0 radical (unpaired) electrons. The van der Waals surface area contributed by atoms with E-state index in [0.29, 0.717) is 0 Å². The van der Waals surface area contributed by atoms with E-state index in [1.807, 2.05) is 12.1 Å². The molecule has 1 amide bonds. The van der Waals surface area contributed by atoms with E-state index >= 15 is 0 Å². The largest absolute Gasteiger partial charge is 0.347 e. The summed E-state index contributed by atoms with van der Waals surface area (Å²) >= 11 is 0. The third-order valence-electron chi connectivity index (χ3n) is 3.99. The predicted molar refractivity (Wildman–Crippen MR) is 79.7 cm³/mol. The van der Waals surface area contributed by atoms with Gasteiger partial charge < -0.3 is 5.32 Å². The number of nitrogens with one attached hydrogen (secondary N) is 2. The van der Waals surface area contributed by atoms with Gasteiger partial charge in [-0.15, -0.1) is 0 Å². The summed E-state index contributed by atoms with van der Waals surface area (Å²) in [5.41, 5.74) is 2.39. The van der Waals surface area contributed by atoms with Gasteiger partial charge in [0.25, 0.3) is 5.91 Å².